The van der Waals surface area contributed by atoms with E-state index in [1.165, 1.54) is 11.8 Å². The maximum absolute atomic E-state index is 11.3. The average molecular weight is 336 g/mol. The van der Waals surface area contributed by atoms with Crippen molar-refractivity contribution in [3.63, 3.8) is 0 Å². The summed E-state index contributed by atoms with van der Waals surface area (Å²) in [4.78, 5) is 18.7. The normalized spacial score (nSPS) is 10.6. The maximum atomic E-state index is 11.3. The van der Waals surface area contributed by atoms with Crippen LogP contribution in [0.5, 0.6) is 0 Å². The van der Waals surface area contributed by atoms with E-state index in [2.05, 4.69) is 30.7 Å². The molecule has 0 saturated carbocycles. The zero-order chi connectivity index (χ0) is 16.9. The Labute approximate surface area is 139 Å². The summed E-state index contributed by atoms with van der Waals surface area (Å²) in [5.41, 5.74) is 9.86. The van der Waals surface area contributed by atoms with Crippen LogP contribution in [0.4, 0.5) is 16.2 Å². The summed E-state index contributed by atoms with van der Waals surface area (Å²) in [6.07, 6.45) is 3.03. The van der Waals surface area contributed by atoms with Gasteiger partial charge >= 0.3 is 6.09 Å². The van der Waals surface area contributed by atoms with Gasteiger partial charge in [-0.15, -0.1) is 11.8 Å². The van der Waals surface area contributed by atoms with Gasteiger partial charge in [0.15, 0.2) is 0 Å². The van der Waals surface area contributed by atoms with Gasteiger partial charge < -0.3 is 10.6 Å². The summed E-state index contributed by atoms with van der Waals surface area (Å²) in [6.45, 7) is 3.08. The lowest BCUT2D eigenvalue weighted by Crippen LogP contribution is -2.24. The molecule has 1 rings (SSSR count). The molecule has 0 aromatic heterocycles. The number of carbonyl (C=O) groups is 1. The predicted octanol–water partition coefficient (Wildman–Crippen LogP) is 4.24. The van der Waals surface area contributed by atoms with Crippen molar-refractivity contribution >= 4 is 34.3 Å². The fraction of sp³-hybridized carbons (Fsp3) is 0.429. The third kappa shape index (κ3) is 8.60. The third-order valence-electron chi connectivity index (χ3n) is 2.78. The van der Waals surface area contributed by atoms with Crippen LogP contribution in [0.1, 0.15) is 19.8 Å². The summed E-state index contributed by atoms with van der Waals surface area (Å²) in [7, 11) is 0. The van der Waals surface area contributed by atoms with Gasteiger partial charge in [0, 0.05) is 29.4 Å². The molecular formula is C14H20N6O2S. The number of unbranched alkanes of at least 4 members (excludes halogenated alkanes) is 1. The molecule has 23 heavy (non-hydrogen) atoms. The molecule has 124 valence electrons. The number of amides is 1. The average Bonchev–Trinajstić information content (AvgIpc) is 2.57. The van der Waals surface area contributed by atoms with Crippen molar-refractivity contribution in [2.45, 2.75) is 19.8 Å². The fourth-order valence-electron chi connectivity index (χ4n) is 1.55. The second-order valence-corrected chi connectivity index (χ2v) is 5.49. The van der Waals surface area contributed by atoms with Crippen molar-refractivity contribution in [3.8, 4) is 0 Å². The first-order chi connectivity index (χ1) is 11.2. The Morgan fingerprint density at radius 2 is 2.00 bits per heavy atom. The minimum atomic E-state index is -0.542. The molecule has 0 unspecified atom stereocenters. The van der Waals surface area contributed by atoms with Crippen LogP contribution < -0.4 is 10.6 Å². The molecule has 0 saturated heterocycles. The first-order valence-corrected chi connectivity index (χ1v) is 8.30. The van der Waals surface area contributed by atoms with Crippen LogP contribution in [0, 0.1) is 0 Å². The molecule has 9 heteroatoms. The molecule has 1 amide bonds. The van der Waals surface area contributed by atoms with E-state index in [4.69, 9.17) is 5.53 Å². The molecule has 0 fully saturated rings. The van der Waals surface area contributed by atoms with E-state index in [0.29, 0.717) is 17.3 Å². The Morgan fingerprint density at radius 1 is 1.30 bits per heavy atom. The first-order valence-electron chi connectivity index (χ1n) is 7.08. The number of nitrogens with zero attached hydrogens (tertiary/aromatic N) is 4. The van der Waals surface area contributed by atoms with Crippen LogP contribution >= 0.6 is 11.8 Å². The highest BCUT2D eigenvalue weighted by atomic mass is 32.2. The molecule has 0 spiro atoms. The smallest absolute Gasteiger partial charge is 0.385 e. The molecular weight excluding hydrogens is 316 g/mol. The lowest BCUT2D eigenvalue weighted by Gasteiger charge is -2.07. The third-order valence-corrected chi connectivity index (χ3v) is 3.45. The van der Waals surface area contributed by atoms with Crippen LogP contribution in [-0.4, -0.2) is 30.5 Å². The quantitative estimate of drug-likeness (QED) is 0.108. The largest absolute Gasteiger partial charge is 0.433 e. The zero-order valence-electron chi connectivity index (χ0n) is 13.2. The molecule has 0 bridgehead atoms. The number of hydrogen-bond acceptors (Lipinski definition) is 6. The number of rotatable bonds is 8. The number of thioether (sulfide) groups is 1. The molecule has 0 aliphatic heterocycles. The van der Waals surface area contributed by atoms with E-state index in [1.54, 1.807) is 19.1 Å². The number of azide groups is 1. The van der Waals surface area contributed by atoms with Crippen LogP contribution in [0.15, 0.2) is 34.5 Å². The van der Waals surface area contributed by atoms with Gasteiger partial charge in [0.05, 0.1) is 0 Å². The molecule has 0 atom stereocenters. The molecule has 0 aliphatic rings. The monoisotopic (exact) mass is 336 g/mol. The lowest BCUT2D eigenvalue weighted by atomic mass is 10.2. The van der Waals surface area contributed by atoms with Crippen LogP contribution in [-0.2, 0) is 4.84 Å². The number of carbonyl (C=O) groups excluding carboxylic acids is 1. The molecule has 8 nitrogen and oxygen atoms in total. The minimum Gasteiger partial charge on any atom is -0.385 e. The number of hydrogen-bond donors (Lipinski definition) is 2. The van der Waals surface area contributed by atoms with Crippen molar-refractivity contribution in [2.75, 3.05) is 24.7 Å². The molecule has 1 aromatic carbocycles. The predicted molar refractivity (Wildman–Crippen MR) is 94.1 cm³/mol. The molecule has 2 N–H and O–H groups in total. The summed E-state index contributed by atoms with van der Waals surface area (Å²) >= 11 is 1.42. The summed E-state index contributed by atoms with van der Waals surface area (Å²) in [6, 6.07) is 7.20. The zero-order valence-corrected chi connectivity index (χ0v) is 14.0. The Kier molecular flexibility index (Phi) is 9.11. The molecule has 0 heterocycles. The number of nitrogens with one attached hydrogen (secondary N) is 2. The van der Waals surface area contributed by atoms with Gasteiger partial charge in [-0.3, -0.25) is 4.84 Å². The van der Waals surface area contributed by atoms with Crippen molar-refractivity contribution in [1.29, 1.82) is 0 Å². The van der Waals surface area contributed by atoms with E-state index >= 15 is 0 Å². The van der Waals surface area contributed by atoms with Gasteiger partial charge in [0.25, 0.3) is 0 Å². The first kappa shape index (κ1) is 18.7. The highest BCUT2D eigenvalue weighted by Gasteiger charge is 2.00. The van der Waals surface area contributed by atoms with Gasteiger partial charge in [-0.05, 0) is 43.7 Å². The summed E-state index contributed by atoms with van der Waals surface area (Å²) in [5, 5.41) is 13.7. The second kappa shape index (κ2) is 11.2. The van der Waals surface area contributed by atoms with Gasteiger partial charge in [0.1, 0.15) is 5.04 Å². The number of anilines is 1. The second-order valence-electron chi connectivity index (χ2n) is 4.49. The Morgan fingerprint density at radius 3 is 2.65 bits per heavy atom. The topological polar surface area (TPSA) is 111 Å². The van der Waals surface area contributed by atoms with Crippen LogP contribution in [0.2, 0.25) is 0 Å². The summed E-state index contributed by atoms with van der Waals surface area (Å²) < 4.78 is 0. The van der Waals surface area contributed by atoms with E-state index < -0.39 is 6.09 Å². The molecule has 1 aromatic rings. The van der Waals surface area contributed by atoms with E-state index in [9.17, 15) is 4.79 Å². The Balaban J connectivity index is 2.11. The SMILES string of the molecule is CS/C(C)=N\OC(=O)NCCCCNc1ccc(N=[N+]=[N-])cc1. The Bertz CT molecular complexity index is 569. The lowest BCUT2D eigenvalue weighted by molar-refractivity contribution is 0.151. The number of oxime groups is 1. The summed E-state index contributed by atoms with van der Waals surface area (Å²) in [5.74, 6) is 0. The maximum Gasteiger partial charge on any atom is 0.433 e. The minimum absolute atomic E-state index is 0.532. The van der Waals surface area contributed by atoms with Gasteiger partial charge in [-0.1, -0.05) is 22.4 Å². The molecule has 0 radical (unpaired) electrons. The van der Waals surface area contributed by atoms with Crippen molar-refractivity contribution in [3.05, 3.63) is 34.7 Å². The number of benzene rings is 1. The Hall–Kier alpha value is -2.38. The van der Waals surface area contributed by atoms with E-state index in [0.717, 1.165) is 25.1 Å². The van der Waals surface area contributed by atoms with Gasteiger partial charge in [0.2, 0.25) is 0 Å². The standard InChI is InChI=1S/C14H20N6O2S/c1-11(23-2)19-22-14(21)17-10-4-3-9-16-12-5-7-13(8-6-12)18-20-15/h5-8,16H,3-4,9-10H2,1-2H3,(H,17,21)/b19-11-. The van der Waals surface area contributed by atoms with Gasteiger partial charge in [-0.2, -0.15) is 0 Å². The highest BCUT2D eigenvalue weighted by molar-refractivity contribution is 8.13. The van der Waals surface area contributed by atoms with E-state index in [1.807, 2.05) is 18.4 Å². The fourth-order valence-corrected chi connectivity index (χ4v) is 1.66. The highest BCUT2D eigenvalue weighted by Crippen LogP contribution is 2.16. The van der Waals surface area contributed by atoms with Crippen LogP contribution in [0.25, 0.3) is 10.4 Å². The van der Waals surface area contributed by atoms with Crippen molar-refractivity contribution < 1.29 is 9.63 Å². The van der Waals surface area contributed by atoms with E-state index in [-0.39, 0.29) is 0 Å². The van der Waals surface area contributed by atoms with Crippen molar-refractivity contribution in [2.24, 2.45) is 10.3 Å². The molecule has 0 aliphatic carbocycles. The van der Waals surface area contributed by atoms with Gasteiger partial charge in [-0.25, -0.2) is 4.79 Å². The van der Waals surface area contributed by atoms with Crippen LogP contribution in [0.3, 0.4) is 0 Å². The van der Waals surface area contributed by atoms with Crippen molar-refractivity contribution in [1.82, 2.24) is 5.32 Å².